The van der Waals surface area contributed by atoms with Gasteiger partial charge in [0.1, 0.15) is 12.8 Å². The maximum atomic E-state index is 13.5. The SMILES string of the molecule is CC.CC(C1CC1)N(Cc1ccccc1)C(=O)CN1C(=O)NC(C(=N)c2ccccc2NC2CCCCO2)C1=O. The molecule has 2 aliphatic heterocycles. The zero-order valence-electron chi connectivity index (χ0n) is 23.7. The summed E-state index contributed by atoms with van der Waals surface area (Å²) in [5, 5.41) is 14.8. The zero-order valence-corrected chi connectivity index (χ0v) is 23.7. The van der Waals surface area contributed by atoms with Crippen LogP contribution in [0.3, 0.4) is 0 Å². The molecule has 0 bridgehead atoms. The number of anilines is 1. The van der Waals surface area contributed by atoms with E-state index in [1.54, 1.807) is 17.0 Å². The Balaban J connectivity index is 0.00000181. The van der Waals surface area contributed by atoms with Gasteiger partial charge in [0.25, 0.3) is 5.91 Å². The van der Waals surface area contributed by atoms with Gasteiger partial charge in [-0.15, -0.1) is 0 Å². The van der Waals surface area contributed by atoms with Gasteiger partial charge >= 0.3 is 6.03 Å². The van der Waals surface area contributed by atoms with Gasteiger partial charge in [-0.2, -0.15) is 0 Å². The van der Waals surface area contributed by atoms with Crippen LogP contribution in [0, 0.1) is 11.3 Å². The van der Waals surface area contributed by atoms with Crippen molar-refractivity contribution in [1.29, 1.82) is 5.41 Å². The second-order valence-corrected chi connectivity index (χ2v) is 10.4. The number of para-hydroxylation sites is 1. The second-order valence-electron chi connectivity index (χ2n) is 10.4. The summed E-state index contributed by atoms with van der Waals surface area (Å²) in [6, 6.07) is 15.2. The average Bonchev–Trinajstić information content (AvgIpc) is 3.80. The second kappa shape index (κ2) is 13.6. The van der Waals surface area contributed by atoms with Crippen molar-refractivity contribution >= 4 is 29.2 Å². The first-order valence-electron chi connectivity index (χ1n) is 14.4. The minimum atomic E-state index is -1.16. The molecule has 3 N–H and O–H groups in total. The third-order valence-corrected chi connectivity index (χ3v) is 7.63. The molecule has 0 aromatic heterocycles. The maximum absolute atomic E-state index is 13.5. The van der Waals surface area contributed by atoms with Gasteiger partial charge in [-0.3, -0.25) is 14.5 Å². The summed E-state index contributed by atoms with van der Waals surface area (Å²) in [6.45, 7) is 6.78. The van der Waals surface area contributed by atoms with Gasteiger partial charge < -0.3 is 25.7 Å². The first-order valence-corrected chi connectivity index (χ1v) is 14.4. The number of rotatable bonds is 10. The highest BCUT2D eigenvalue weighted by atomic mass is 16.5. The molecule has 1 aliphatic carbocycles. The monoisotopic (exact) mass is 547 g/mol. The highest BCUT2D eigenvalue weighted by Gasteiger charge is 2.43. The van der Waals surface area contributed by atoms with Crippen LogP contribution in [0.5, 0.6) is 0 Å². The molecule has 0 radical (unpaired) electrons. The van der Waals surface area contributed by atoms with Gasteiger partial charge in [0.2, 0.25) is 5.91 Å². The van der Waals surface area contributed by atoms with Crippen LogP contribution in [0.15, 0.2) is 54.6 Å². The Bertz CT molecular complexity index is 1190. The number of hydrogen-bond donors (Lipinski definition) is 3. The number of benzene rings is 2. The Morgan fingerprint density at radius 3 is 2.45 bits per heavy atom. The molecule has 3 atom stereocenters. The van der Waals surface area contributed by atoms with Crippen LogP contribution in [-0.4, -0.2) is 64.8 Å². The van der Waals surface area contributed by atoms with Crippen LogP contribution in [0.25, 0.3) is 0 Å². The van der Waals surface area contributed by atoms with E-state index >= 15 is 0 Å². The van der Waals surface area contributed by atoms with Crippen LogP contribution in [0.4, 0.5) is 10.5 Å². The molecule has 2 heterocycles. The lowest BCUT2D eigenvalue weighted by Crippen LogP contribution is -2.47. The molecule has 2 saturated heterocycles. The van der Waals surface area contributed by atoms with Crippen LogP contribution in [-0.2, 0) is 20.9 Å². The van der Waals surface area contributed by atoms with Crippen molar-refractivity contribution in [3.8, 4) is 0 Å². The van der Waals surface area contributed by atoms with Crippen LogP contribution in [0.2, 0.25) is 0 Å². The predicted octanol–water partition coefficient (Wildman–Crippen LogP) is 4.77. The fraction of sp³-hybridized carbons (Fsp3) is 0.484. The number of carbonyl (C=O) groups excluding carboxylic acids is 3. The molecule has 3 aliphatic rings. The molecule has 5 rings (SSSR count). The average molecular weight is 548 g/mol. The summed E-state index contributed by atoms with van der Waals surface area (Å²) in [6.07, 6.45) is 4.91. The topological polar surface area (TPSA) is 115 Å². The van der Waals surface area contributed by atoms with Gasteiger partial charge in [0.15, 0.2) is 6.04 Å². The summed E-state index contributed by atoms with van der Waals surface area (Å²) in [4.78, 5) is 42.4. The van der Waals surface area contributed by atoms with Gasteiger partial charge in [-0.05, 0) is 56.6 Å². The first kappa shape index (κ1) is 29.3. The van der Waals surface area contributed by atoms with E-state index in [0.29, 0.717) is 30.3 Å². The first-order chi connectivity index (χ1) is 19.4. The number of amides is 4. The number of carbonyl (C=O) groups is 3. The fourth-order valence-electron chi connectivity index (χ4n) is 5.19. The van der Waals surface area contributed by atoms with Crippen molar-refractivity contribution in [1.82, 2.24) is 15.1 Å². The van der Waals surface area contributed by atoms with Gasteiger partial charge in [0.05, 0.1) is 5.71 Å². The van der Waals surface area contributed by atoms with E-state index in [2.05, 4.69) is 10.6 Å². The Labute approximate surface area is 236 Å². The van der Waals surface area contributed by atoms with E-state index in [1.165, 1.54) is 0 Å². The summed E-state index contributed by atoms with van der Waals surface area (Å²) >= 11 is 0. The smallest absolute Gasteiger partial charge is 0.325 e. The van der Waals surface area contributed by atoms with Gasteiger partial charge in [0, 0.05) is 30.4 Å². The molecular weight excluding hydrogens is 506 g/mol. The Hall–Kier alpha value is -3.72. The third kappa shape index (κ3) is 6.88. The summed E-state index contributed by atoms with van der Waals surface area (Å²) in [5.74, 6) is -0.430. The van der Waals surface area contributed by atoms with E-state index in [-0.39, 0.29) is 30.4 Å². The van der Waals surface area contributed by atoms with Crippen molar-refractivity contribution in [2.45, 2.75) is 77.7 Å². The van der Waals surface area contributed by atoms with E-state index < -0.39 is 18.0 Å². The lowest BCUT2D eigenvalue weighted by molar-refractivity contribution is -0.139. The minimum Gasteiger partial charge on any atom is -0.360 e. The largest absolute Gasteiger partial charge is 0.360 e. The summed E-state index contributed by atoms with van der Waals surface area (Å²) in [5.41, 5.74) is 2.16. The number of hydrogen-bond acceptors (Lipinski definition) is 6. The fourth-order valence-corrected chi connectivity index (χ4v) is 5.19. The zero-order chi connectivity index (χ0) is 28.6. The van der Waals surface area contributed by atoms with Crippen molar-refractivity contribution < 1.29 is 19.1 Å². The molecule has 1 saturated carbocycles. The van der Waals surface area contributed by atoms with Crippen molar-refractivity contribution in [2.75, 3.05) is 18.5 Å². The number of ether oxygens (including phenoxy) is 1. The predicted molar refractivity (Wildman–Crippen MR) is 155 cm³/mol. The summed E-state index contributed by atoms with van der Waals surface area (Å²) in [7, 11) is 0. The maximum Gasteiger partial charge on any atom is 0.325 e. The normalized spacial score (nSPS) is 21.1. The van der Waals surface area contributed by atoms with Gasteiger partial charge in [-0.1, -0.05) is 62.4 Å². The molecule has 9 heteroatoms. The highest BCUT2D eigenvalue weighted by Crippen LogP contribution is 2.36. The molecule has 2 aromatic rings. The van der Waals surface area contributed by atoms with Crippen molar-refractivity contribution in [3.05, 3.63) is 65.7 Å². The van der Waals surface area contributed by atoms with Crippen LogP contribution < -0.4 is 10.6 Å². The lowest BCUT2D eigenvalue weighted by atomic mass is 10.0. The summed E-state index contributed by atoms with van der Waals surface area (Å²) < 4.78 is 5.78. The molecule has 214 valence electrons. The molecule has 3 unspecified atom stereocenters. The quantitative estimate of drug-likeness (QED) is 0.293. The number of imide groups is 1. The highest BCUT2D eigenvalue weighted by molar-refractivity contribution is 6.24. The molecule has 3 fully saturated rings. The van der Waals surface area contributed by atoms with E-state index in [9.17, 15) is 14.4 Å². The number of nitrogens with one attached hydrogen (secondary N) is 3. The van der Waals surface area contributed by atoms with E-state index in [4.69, 9.17) is 10.1 Å². The number of urea groups is 1. The molecule has 0 spiro atoms. The van der Waals surface area contributed by atoms with Crippen LogP contribution >= 0.6 is 0 Å². The standard InChI is InChI=1S/C29H35N5O4.C2H6/c1-19(21-14-15-21)33(17-20-9-3-2-4-10-20)25(35)18-34-28(36)27(32-29(34)37)26(30)22-11-5-6-12-23(22)31-24-13-7-8-16-38-24;1-2/h2-6,9-12,19,21,24,27,30-31H,7-8,13-18H2,1H3,(H,32,37);1-2H3. The van der Waals surface area contributed by atoms with Crippen molar-refractivity contribution in [3.63, 3.8) is 0 Å². The van der Waals surface area contributed by atoms with E-state index in [1.807, 2.05) is 63.2 Å². The lowest BCUT2D eigenvalue weighted by Gasteiger charge is -2.31. The minimum absolute atomic E-state index is 0.0116. The Morgan fingerprint density at radius 2 is 1.77 bits per heavy atom. The Morgan fingerprint density at radius 1 is 1.07 bits per heavy atom. The number of nitrogens with zero attached hydrogens (tertiary/aromatic N) is 2. The van der Waals surface area contributed by atoms with Crippen molar-refractivity contribution in [2.24, 2.45) is 5.92 Å². The molecule has 4 amide bonds. The molecule has 9 nitrogen and oxygen atoms in total. The third-order valence-electron chi connectivity index (χ3n) is 7.63. The molecular formula is C31H41N5O4. The van der Waals surface area contributed by atoms with Gasteiger partial charge in [-0.25, -0.2) is 4.79 Å². The molecule has 2 aromatic carbocycles. The molecule has 40 heavy (non-hydrogen) atoms. The Kier molecular flexibility index (Phi) is 9.93. The van der Waals surface area contributed by atoms with Crippen LogP contribution in [0.1, 0.15) is 64.0 Å². The van der Waals surface area contributed by atoms with E-state index in [0.717, 1.165) is 42.6 Å².